The van der Waals surface area contributed by atoms with Gasteiger partial charge in [0.05, 0.1) is 5.69 Å². The Bertz CT molecular complexity index is 164. The van der Waals surface area contributed by atoms with Crippen LogP contribution in [0.5, 0.6) is 0 Å². The van der Waals surface area contributed by atoms with Crippen molar-refractivity contribution in [2.75, 3.05) is 12.4 Å². The van der Waals surface area contributed by atoms with E-state index in [1.807, 2.05) is 13.0 Å². The van der Waals surface area contributed by atoms with E-state index in [9.17, 15) is 0 Å². The highest BCUT2D eigenvalue weighted by molar-refractivity contribution is 5.29. The Morgan fingerprint density at radius 3 is 2.89 bits per heavy atom. The van der Waals surface area contributed by atoms with E-state index in [4.69, 9.17) is 4.52 Å². The summed E-state index contributed by atoms with van der Waals surface area (Å²) in [4.78, 5) is 0. The first-order chi connectivity index (χ1) is 4.36. The normalized spacial score (nSPS) is 9.56. The van der Waals surface area contributed by atoms with Crippen molar-refractivity contribution in [1.29, 1.82) is 0 Å². The summed E-state index contributed by atoms with van der Waals surface area (Å²) in [7, 11) is 1.81. The summed E-state index contributed by atoms with van der Waals surface area (Å²) in [5.74, 6) is 0.729. The van der Waals surface area contributed by atoms with Crippen molar-refractivity contribution >= 4 is 5.88 Å². The van der Waals surface area contributed by atoms with Crippen LogP contribution in [0.15, 0.2) is 10.6 Å². The minimum atomic E-state index is 0.729. The van der Waals surface area contributed by atoms with Crippen LogP contribution in [0.1, 0.15) is 12.6 Å². The predicted molar refractivity (Wildman–Crippen MR) is 35.4 cm³/mol. The molecule has 50 valence electrons. The number of hydrogen-bond acceptors (Lipinski definition) is 3. The Hall–Kier alpha value is -0.990. The average Bonchev–Trinajstić information content (AvgIpc) is 2.34. The Balaban J connectivity index is 2.74. The smallest absolute Gasteiger partial charge is 0.224 e. The third-order valence-electron chi connectivity index (χ3n) is 1.17. The van der Waals surface area contributed by atoms with Crippen LogP contribution in [-0.4, -0.2) is 12.2 Å². The van der Waals surface area contributed by atoms with Crippen LogP contribution in [0.25, 0.3) is 0 Å². The molecule has 0 radical (unpaired) electrons. The summed E-state index contributed by atoms with van der Waals surface area (Å²) in [5, 5.41) is 6.62. The van der Waals surface area contributed by atoms with Crippen LogP contribution in [0.4, 0.5) is 5.88 Å². The number of anilines is 1. The lowest BCUT2D eigenvalue weighted by Gasteiger charge is -1.83. The Kier molecular flexibility index (Phi) is 1.72. The van der Waals surface area contributed by atoms with E-state index in [1.165, 1.54) is 0 Å². The minimum absolute atomic E-state index is 0.729. The Morgan fingerprint density at radius 1 is 1.78 bits per heavy atom. The molecule has 9 heavy (non-hydrogen) atoms. The van der Waals surface area contributed by atoms with Crippen LogP contribution in [0.3, 0.4) is 0 Å². The van der Waals surface area contributed by atoms with Gasteiger partial charge in [0.2, 0.25) is 5.88 Å². The van der Waals surface area contributed by atoms with Crippen molar-refractivity contribution < 1.29 is 4.52 Å². The fraction of sp³-hybridized carbons (Fsp3) is 0.500. The summed E-state index contributed by atoms with van der Waals surface area (Å²) in [6, 6.07) is 1.89. The summed E-state index contributed by atoms with van der Waals surface area (Å²) in [6.45, 7) is 2.04. The van der Waals surface area contributed by atoms with Crippen molar-refractivity contribution in [1.82, 2.24) is 5.16 Å². The first-order valence-electron chi connectivity index (χ1n) is 3.00. The number of nitrogens with zero attached hydrogens (tertiary/aromatic N) is 1. The highest BCUT2D eigenvalue weighted by atomic mass is 16.5. The molecule has 0 atom stereocenters. The Morgan fingerprint density at radius 2 is 2.56 bits per heavy atom. The predicted octanol–water partition coefficient (Wildman–Crippen LogP) is 1.28. The number of aryl methyl sites for hydroxylation is 1. The standard InChI is InChI=1S/C6H10N2O/c1-3-5-4-6(7-2)9-8-5/h4,7H,3H2,1-2H3. The summed E-state index contributed by atoms with van der Waals surface area (Å²) >= 11 is 0. The fourth-order valence-corrected chi connectivity index (χ4v) is 0.596. The minimum Gasteiger partial charge on any atom is -0.357 e. The van der Waals surface area contributed by atoms with Crippen LogP contribution < -0.4 is 5.32 Å². The quantitative estimate of drug-likeness (QED) is 0.648. The molecule has 3 nitrogen and oxygen atoms in total. The first kappa shape index (κ1) is 6.13. The van der Waals surface area contributed by atoms with Gasteiger partial charge < -0.3 is 9.84 Å². The largest absolute Gasteiger partial charge is 0.357 e. The SMILES string of the molecule is CCc1cc(NC)on1. The highest BCUT2D eigenvalue weighted by Crippen LogP contribution is 2.07. The third kappa shape index (κ3) is 1.22. The van der Waals surface area contributed by atoms with Gasteiger partial charge in [0.1, 0.15) is 0 Å². The van der Waals surface area contributed by atoms with E-state index in [1.54, 1.807) is 7.05 Å². The lowest BCUT2D eigenvalue weighted by atomic mass is 10.3. The molecule has 0 amide bonds. The molecule has 1 heterocycles. The molecule has 1 N–H and O–H groups in total. The molecule has 0 aliphatic rings. The summed E-state index contributed by atoms with van der Waals surface area (Å²) in [5.41, 5.74) is 0.986. The van der Waals surface area contributed by atoms with Gasteiger partial charge in [-0.05, 0) is 6.42 Å². The Labute approximate surface area is 54.0 Å². The molecule has 0 aliphatic heterocycles. The topological polar surface area (TPSA) is 38.1 Å². The molecule has 1 aromatic rings. The van der Waals surface area contributed by atoms with E-state index in [0.717, 1.165) is 18.0 Å². The molecule has 0 fully saturated rings. The molecule has 0 spiro atoms. The van der Waals surface area contributed by atoms with E-state index in [-0.39, 0.29) is 0 Å². The van der Waals surface area contributed by atoms with Crippen molar-refractivity contribution in [3.05, 3.63) is 11.8 Å². The van der Waals surface area contributed by atoms with Gasteiger partial charge in [-0.2, -0.15) is 0 Å². The van der Waals surface area contributed by atoms with E-state index < -0.39 is 0 Å². The zero-order valence-corrected chi connectivity index (χ0v) is 5.64. The second-order valence-corrected chi connectivity index (χ2v) is 1.79. The van der Waals surface area contributed by atoms with E-state index in [2.05, 4.69) is 10.5 Å². The maximum atomic E-state index is 4.84. The van der Waals surface area contributed by atoms with Gasteiger partial charge in [0.15, 0.2) is 0 Å². The fourth-order valence-electron chi connectivity index (χ4n) is 0.596. The summed E-state index contributed by atoms with van der Waals surface area (Å²) < 4.78 is 4.84. The van der Waals surface area contributed by atoms with E-state index >= 15 is 0 Å². The lowest BCUT2D eigenvalue weighted by Crippen LogP contribution is -1.82. The van der Waals surface area contributed by atoms with Crippen molar-refractivity contribution in [2.45, 2.75) is 13.3 Å². The number of rotatable bonds is 2. The van der Waals surface area contributed by atoms with Crippen LogP contribution in [0.2, 0.25) is 0 Å². The molecule has 3 heteroatoms. The van der Waals surface area contributed by atoms with Gasteiger partial charge in [-0.1, -0.05) is 12.1 Å². The van der Waals surface area contributed by atoms with Crippen LogP contribution in [0, 0.1) is 0 Å². The summed E-state index contributed by atoms with van der Waals surface area (Å²) in [6.07, 6.45) is 0.922. The molecule has 1 aromatic heterocycles. The molecule has 0 saturated heterocycles. The third-order valence-corrected chi connectivity index (χ3v) is 1.17. The van der Waals surface area contributed by atoms with Crippen LogP contribution >= 0.6 is 0 Å². The van der Waals surface area contributed by atoms with Crippen molar-refractivity contribution in [2.24, 2.45) is 0 Å². The molecular weight excluding hydrogens is 116 g/mol. The maximum absolute atomic E-state index is 4.84. The van der Waals surface area contributed by atoms with Crippen molar-refractivity contribution in [3.63, 3.8) is 0 Å². The van der Waals surface area contributed by atoms with Crippen molar-refractivity contribution in [3.8, 4) is 0 Å². The van der Waals surface area contributed by atoms with Crippen LogP contribution in [-0.2, 0) is 6.42 Å². The highest BCUT2D eigenvalue weighted by Gasteiger charge is 1.96. The van der Waals surface area contributed by atoms with Gasteiger partial charge in [-0.3, -0.25) is 0 Å². The molecule has 0 bridgehead atoms. The second kappa shape index (κ2) is 2.53. The lowest BCUT2D eigenvalue weighted by molar-refractivity contribution is 0.426. The number of aromatic nitrogens is 1. The number of nitrogens with one attached hydrogen (secondary N) is 1. The zero-order chi connectivity index (χ0) is 6.69. The second-order valence-electron chi connectivity index (χ2n) is 1.79. The maximum Gasteiger partial charge on any atom is 0.224 e. The molecular formula is C6H10N2O. The molecule has 0 unspecified atom stereocenters. The molecule has 0 aromatic carbocycles. The van der Waals surface area contributed by atoms with Gasteiger partial charge in [0.25, 0.3) is 0 Å². The van der Waals surface area contributed by atoms with E-state index in [0.29, 0.717) is 0 Å². The molecule has 1 rings (SSSR count). The number of hydrogen-bond donors (Lipinski definition) is 1. The molecule has 0 aliphatic carbocycles. The van der Waals surface area contributed by atoms with Gasteiger partial charge >= 0.3 is 0 Å². The average molecular weight is 126 g/mol. The van der Waals surface area contributed by atoms with Gasteiger partial charge in [0, 0.05) is 13.1 Å². The first-order valence-corrected chi connectivity index (χ1v) is 3.00. The van der Waals surface area contributed by atoms with Gasteiger partial charge in [-0.15, -0.1) is 0 Å². The molecule has 0 saturated carbocycles. The zero-order valence-electron chi connectivity index (χ0n) is 5.64. The monoisotopic (exact) mass is 126 g/mol. The van der Waals surface area contributed by atoms with Gasteiger partial charge in [-0.25, -0.2) is 0 Å².